The van der Waals surface area contributed by atoms with Crippen LogP contribution in [0.25, 0.3) is 0 Å². The highest BCUT2D eigenvalue weighted by Gasteiger charge is 2.23. The molecule has 0 spiro atoms. The van der Waals surface area contributed by atoms with Crippen LogP contribution in [0.3, 0.4) is 0 Å². The molecule has 0 aliphatic carbocycles. The van der Waals surface area contributed by atoms with Crippen molar-refractivity contribution in [2.75, 3.05) is 35.8 Å². The second kappa shape index (κ2) is 9.70. The first-order chi connectivity index (χ1) is 14.7. The summed E-state index contributed by atoms with van der Waals surface area (Å²) in [5.74, 6) is -0.214. The number of carbonyl (C=O) groups is 1. The number of nitrogens with one attached hydrogen (secondary N) is 3. The van der Waals surface area contributed by atoms with E-state index < -0.39 is 10.0 Å². The van der Waals surface area contributed by atoms with Gasteiger partial charge in [-0.3, -0.25) is 9.52 Å². The molecule has 1 aliphatic heterocycles. The predicted molar refractivity (Wildman–Crippen MR) is 125 cm³/mol. The first-order valence-electron chi connectivity index (χ1n) is 10.7. The van der Waals surface area contributed by atoms with Crippen LogP contribution in [0.1, 0.15) is 41.8 Å². The van der Waals surface area contributed by atoms with Crippen LogP contribution in [0, 0.1) is 13.8 Å². The number of amides is 1. The summed E-state index contributed by atoms with van der Waals surface area (Å²) in [5.41, 5.74) is 3.16. The van der Waals surface area contributed by atoms with Crippen LogP contribution in [0.2, 0.25) is 0 Å². The van der Waals surface area contributed by atoms with Crippen LogP contribution in [0.5, 0.6) is 0 Å². The van der Waals surface area contributed by atoms with Crippen LogP contribution in [0.15, 0.2) is 41.3 Å². The standard InChI is InChI=1S/C23H32N4O3S/c1-5-18(4)25-23(28)19-8-9-21(27-12-10-24-11-13-27)20(15-19)26-31(29,30)22-14-16(2)6-7-17(22)3/h6-9,14-15,18,24,26H,5,10-13H2,1-4H3,(H,25,28). The maximum atomic E-state index is 13.3. The van der Waals surface area contributed by atoms with Crippen LogP contribution in [0.4, 0.5) is 11.4 Å². The van der Waals surface area contributed by atoms with Gasteiger partial charge in [0.15, 0.2) is 0 Å². The lowest BCUT2D eigenvalue weighted by atomic mass is 10.1. The summed E-state index contributed by atoms with van der Waals surface area (Å²) in [6, 6.07) is 10.6. The monoisotopic (exact) mass is 444 g/mol. The Bertz CT molecular complexity index is 1050. The number of hydrogen-bond donors (Lipinski definition) is 3. The zero-order chi connectivity index (χ0) is 22.6. The van der Waals surface area contributed by atoms with Gasteiger partial charge in [0.2, 0.25) is 0 Å². The molecule has 3 rings (SSSR count). The maximum absolute atomic E-state index is 13.3. The van der Waals surface area contributed by atoms with Crippen molar-refractivity contribution in [2.24, 2.45) is 0 Å². The van der Waals surface area contributed by atoms with Crippen molar-refractivity contribution in [3.05, 3.63) is 53.1 Å². The zero-order valence-electron chi connectivity index (χ0n) is 18.7. The molecule has 7 nitrogen and oxygen atoms in total. The van der Waals surface area contributed by atoms with E-state index in [1.807, 2.05) is 32.9 Å². The molecule has 1 amide bonds. The van der Waals surface area contributed by atoms with Crippen molar-refractivity contribution in [1.82, 2.24) is 10.6 Å². The molecule has 1 aliphatic rings. The van der Waals surface area contributed by atoms with Crippen molar-refractivity contribution in [3.63, 3.8) is 0 Å². The van der Waals surface area contributed by atoms with E-state index in [0.29, 0.717) is 16.8 Å². The van der Waals surface area contributed by atoms with Crippen LogP contribution in [-0.4, -0.2) is 46.5 Å². The van der Waals surface area contributed by atoms with Crippen molar-refractivity contribution in [2.45, 2.75) is 45.1 Å². The quantitative estimate of drug-likeness (QED) is 0.611. The molecule has 1 fully saturated rings. The molecule has 8 heteroatoms. The molecule has 1 unspecified atom stereocenters. The SMILES string of the molecule is CCC(C)NC(=O)c1ccc(N2CCNCC2)c(NS(=O)(=O)c2cc(C)ccc2C)c1. The number of rotatable bonds is 7. The minimum atomic E-state index is -3.82. The predicted octanol–water partition coefficient (Wildman–Crippen LogP) is 3.04. The van der Waals surface area contributed by atoms with Gasteiger partial charge in [-0.15, -0.1) is 0 Å². The summed E-state index contributed by atoms with van der Waals surface area (Å²) in [5, 5.41) is 6.25. The van der Waals surface area contributed by atoms with Crippen LogP contribution in [-0.2, 0) is 10.0 Å². The van der Waals surface area contributed by atoms with Gasteiger partial charge in [-0.25, -0.2) is 8.42 Å². The van der Waals surface area contributed by atoms with E-state index in [1.165, 1.54) is 0 Å². The fraction of sp³-hybridized carbons (Fsp3) is 0.435. The Balaban J connectivity index is 2.01. The highest BCUT2D eigenvalue weighted by Crippen LogP contribution is 2.31. The van der Waals surface area contributed by atoms with Gasteiger partial charge in [0.05, 0.1) is 16.3 Å². The van der Waals surface area contributed by atoms with Crippen LogP contribution >= 0.6 is 0 Å². The molecular formula is C23H32N4O3S. The van der Waals surface area contributed by atoms with E-state index in [4.69, 9.17) is 0 Å². The van der Waals surface area contributed by atoms with Gasteiger partial charge in [-0.2, -0.15) is 0 Å². The molecule has 1 saturated heterocycles. The van der Waals surface area contributed by atoms with E-state index in [0.717, 1.165) is 43.9 Å². The summed E-state index contributed by atoms with van der Waals surface area (Å²) >= 11 is 0. The lowest BCUT2D eigenvalue weighted by molar-refractivity contribution is 0.0939. The van der Waals surface area contributed by atoms with E-state index >= 15 is 0 Å². The third-order valence-corrected chi connectivity index (χ3v) is 7.09. The average molecular weight is 445 g/mol. The highest BCUT2D eigenvalue weighted by molar-refractivity contribution is 7.92. The van der Waals surface area contributed by atoms with Crippen molar-refractivity contribution < 1.29 is 13.2 Å². The topological polar surface area (TPSA) is 90.5 Å². The molecule has 1 atom stereocenters. The molecule has 1 heterocycles. The molecule has 168 valence electrons. The molecule has 0 bridgehead atoms. The third kappa shape index (κ3) is 5.57. The number of hydrogen-bond acceptors (Lipinski definition) is 5. The van der Waals surface area contributed by atoms with E-state index in [2.05, 4.69) is 20.3 Å². The van der Waals surface area contributed by atoms with Gasteiger partial charge in [-0.1, -0.05) is 19.1 Å². The van der Waals surface area contributed by atoms with Gasteiger partial charge in [0.25, 0.3) is 15.9 Å². The summed E-state index contributed by atoms with van der Waals surface area (Å²) in [6.07, 6.45) is 0.816. The second-order valence-corrected chi connectivity index (χ2v) is 9.78. The number of nitrogens with zero attached hydrogens (tertiary/aromatic N) is 1. The van der Waals surface area contributed by atoms with Gasteiger partial charge in [0.1, 0.15) is 0 Å². The number of piperazine rings is 1. The van der Waals surface area contributed by atoms with Crippen molar-refractivity contribution in [3.8, 4) is 0 Å². The van der Waals surface area contributed by atoms with E-state index in [9.17, 15) is 13.2 Å². The molecule has 31 heavy (non-hydrogen) atoms. The lowest BCUT2D eigenvalue weighted by Crippen LogP contribution is -2.43. The summed E-state index contributed by atoms with van der Waals surface area (Å²) in [7, 11) is -3.82. The molecule has 0 radical (unpaired) electrons. The first-order valence-corrected chi connectivity index (χ1v) is 12.2. The zero-order valence-corrected chi connectivity index (χ0v) is 19.5. The average Bonchev–Trinajstić information content (AvgIpc) is 2.75. The number of anilines is 2. The normalized spacial score (nSPS) is 15.4. The smallest absolute Gasteiger partial charge is 0.262 e. The highest BCUT2D eigenvalue weighted by atomic mass is 32.2. The van der Waals surface area contributed by atoms with Crippen molar-refractivity contribution in [1.29, 1.82) is 0 Å². The molecular weight excluding hydrogens is 412 g/mol. The Morgan fingerprint density at radius 3 is 2.52 bits per heavy atom. The minimum absolute atomic E-state index is 0.0374. The summed E-state index contributed by atoms with van der Waals surface area (Å²) in [6.45, 7) is 10.7. The van der Waals surface area contributed by atoms with Crippen molar-refractivity contribution >= 4 is 27.3 Å². The molecule has 3 N–H and O–H groups in total. The summed E-state index contributed by atoms with van der Waals surface area (Å²) < 4.78 is 29.3. The Morgan fingerprint density at radius 2 is 1.84 bits per heavy atom. The van der Waals surface area contributed by atoms with Gasteiger partial charge in [0, 0.05) is 37.8 Å². The largest absolute Gasteiger partial charge is 0.367 e. The molecule has 0 aromatic heterocycles. The third-order valence-electron chi connectivity index (χ3n) is 5.58. The van der Waals surface area contributed by atoms with E-state index in [-0.39, 0.29) is 16.8 Å². The second-order valence-electron chi connectivity index (χ2n) is 8.13. The number of benzene rings is 2. The van der Waals surface area contributed by atoms with Crippen LogP contribution < -0.4 is 20.3 Å². The van der Waals surface area contributed by atoms with E-state index in [1.54, 1.807) is 31.2 Å². The molecule has 0 saturated carbocycles. The van der Waals surface area contributed by atoms with Gasteiger partial charge >= 0.3 is 0 Å². The number of sulfonamides is 1. The fourth-order valence-corrected chi connectivity index (χ4v) is 4.94. The lowest BCUT2D eigenvalue weighted by Gasteiger charge is -2.31. The fourth-order valence-electron chi connectivity index (χ4n) is 3.55. The molecule has 2 aromatic carbocycles. The number of aryl methyl sites for hydroxylation is 2. The summed E-state index contributed by atoms with van der Waals surface area (Å²) in [4.78, 5) is 15.1. The first kappa shape index (κ1) is 23.1. The maximum Gasteiger partial charge on any atom is 0.262 e. The Hall–Kier alpha value is -2.58. The Kier molecular flexibility index (Phi) is 7.23. The molecule has 2 aromatic rings. The minimum Gasteiger partial charge on any atom is -0.367 e. The number of carbonyl (C=O) groups excluding carboxylic acids is 1. The Labute approximate surface area is 185 Å². The van der Waals surface area contributed by atoms with Gasteiger partial charge < -0.3 is 15.5 Å². The van der Waals surface area contributed by atoms with Gasteiger partial charge in [-0.05, 0) is 62.6 Å². The Morgan fingerprint density at radius 1 is 1.13 bits per heavy atom.